The summed E-state index contributed by atoms with van der Waals surface area (Å²) in [6.45, 7) is 8.33. The van der Waals surface area contributed by atoms with E-state index in [-0.39, 0.29) is 50.2 Å². The number of carbonyl (C=O) groups is 1. The molecule has 0 saturated heterocycles. The van der Waals surface area contributed by atoms with E-state index in [9.17, 15) is 9.90 Å². The summed E-state index contributed by atoms with van der Waals surface area (Å²) >= 11 is 3.76. The molecule has 1 aromatic heterocycles. The molecule has 2 aliphatic heterocycles. The van der Waals surface area contributed by atoms with Crippen LogP contribution in [0.3, 0.4) is 0 Å². The van der Waals surface area contributed by atoms with Gasteiger partial charge in [-0.05, 0) is 70.7 Å². The van der Waals surface area contributed by atoms with E-state index in [2.05, 4.69) is 91.0 Å². The molecule has 2 aliphatic rings. The predicted octanol–water partition coefficient (Wildman–Crippen LogP) is 9.01. The Kier molecular flexibility index (Phi) is 11.9. The first kappa shape index (κ1) is 35.2. The van der Waals surface area contributed by atoms with Crippen LogP contribution in [0.5, 0.6) is 0 Å². The van der Waals surface area contributed by atoms with Crippen molar-refractivity contribution in [3.8, 4) is 11.3 Å². The van der Waals surface area contributed by atoms with Crippen LogP contribution in [0.1, 0.15) is 53.4 Å². The maximum atomic E-state index is 11.7. The Morgan fingerprint density at radius 1 is 0.809 bits per heavy atom. The van der Waals surface area contributed by atoms with Crippen LogP contribution in [0.2, 0.25) is 0 Å². The SMILES string of the molecule is CCC(CC)C(=O)/C=C(\O)C(CC)CC.[Ir].[c-]1ccc2c(c1-c1cc3ccccc3cn1)Sc1cccc3c1B2c1ccccc1S3. The molecule has 0 saturated carbocycles. The van der Waals surface area contributed by atoms with Crippen LogP contribution in [-0.2, 0) is 24.9 Å². The maximum absolute atomic E-state index is 11.7. The number of pyridine rings is 1. The third kappa shape index (κ3) is 7.20. The average molecular weight is 833 g/mol. The summed E-state index contributed by atoms with van der Waals surface area (Å²) in [6.07, 6.45) is 6.88. The van der Waals surface area contributed by atoms with Gasteiger partial charge in [-0.25, -0.2) is 0 Å². The summed E-state index contributed by atoms with van der Waals surface area (Å²) < 4.78 is 0. The molecule has 0 amide bonds. The number of benzene rings is 4. The number of aromatic nitrogens is 1. The standard InChI is InChI=1S/C27H15BNS2.C13H24O2.Ir/c1-2-8-18-16-29-22(15-17(18)7-1)19-9-5-11-21-27(19)31-25-14-6-13-24-26(25)28(21)20-10-3-4-12-23(20)30-24;1-5-10(6-2)12(14)9-13(15)11(7-3)8-4;/h1-8,10-16H;9-11,14H,5-8H2,1-4H3;/q-1;;/b;12-9-;. The first-order valence-corrected chi connectivity index (χ1v) is 18.0. The number of aliphatic hydroxyl groups excluding tert-OH is 1. The molecule has 0 atom stereocenters. The van der Waals surface area contributed by atoms with Crippen molar-refractivity contribution in [2.75, 3.05) is 0 Å². The molecule has 4 aromatic carbocycles. The number of aliphatic hydroxyl groups is 1. The van der Waals surface area contributed by atoms with Crippen molar-refractivity contribution in [2.24, 2.45) is 11.8 Å². The van der Waals surface area contributed by atoms with Crippen molar-refractivity contribution in [2.45, 2.75) is 73.0 Å². The molecule has 0 unspecified atom stereocenters. The van der Waals surface area contributed by atoms with Gasteiger partial charge in [0.05, 0.1) is 5.76 Å². The minimum atomic E-state index is 0. The largest absolute Gasteiger partial charge is 0.512 e. The smallest absolute Gasteiger partial charge is 0.228 e. The second kappa shape index (κ2) is 15.9. The Morgan fingerprint density at radius 2 is 1.45 bits per heavy atom. The second-order valence-corrected chi connectivity index (χ2v) is 14.0. The number of hydrogen-bond donors (Lipinski definition) is 1. The van der Waals surface area contributed by atoms with E-state index in [0.29, 0.717) is 0 Å². The van der Waals surface area contributed by atoms with Gasteiger partial charge in [0, 0.05) is 54.0 Å². The van der Waals surface area contributed by atoms with Gasteiger partial charge in [-0.2, -0.15) is 0 Å². The quantitative estimate of drug-likeness (QED) is 0.0718. The third-order valence-electron chi connectivity index (χ3n) is 9.24. The zero-order chi connectivity index (χ0) is 32.2. The number of fused-ring (bicyclic) bond motifs is 5. The van der Waals surface area contributed by atoms with Crippen molar-refractivity contribution < 1.29 is 30.0 Å². The second-order valence-electron chi connectivity index (χ2n) is 11.9. The van der Waals surface area contributed by atoms with E-state index in [0.717, 1.165) is 42.3 Å². The van der Waals surface area contributed by atoms with Gasteiger partial charge in [0.2, 0.25) is 6.71 Å². The van der Waals surface area contributed by atoms with Crippen LogP contribution in [0, 0.1) is 17.9 Å². The first-order valence-electron chi connectivity index (χ1n) is 16.4. The Hall–Kier alpha value is -3.09. The Labute approximate surface area is 301 Å². The van der Waals surface area contributed by atoms with E-state index in [1.807, 2.05) is 57.4 Å². The van der Waals surface area contributed by atoms with Crippen LogP contribution in [0.15, 0.2) is 123 Å². The average Bonchev–Trinajstić information content (AvgIpc) is 3.09. The van der Waals surface area contributed by atoms with Crippen LogP contribution >= 0.6 is 23.5 Å². The normalized spacial score (nSPS) is 12.9. The molecule has 7 rings (SSSR count). The molecule has 47 heavy (non-hydrogen) atoms. The zero-order valence-corrected chi connectivity index (χ0v) is 31.3. The van der Waals surface area contributed by atoms with Gasteiger partial charge in [0.15, 0.2) is 5.78 Å². The van der Waals surface area contributed by atoms with Crippen LogP contribution in [0.4, 0.5) is 0 Å². The number of rotatable bonds is 8. The van der Waals surface area contributed by atoms with Gasteiger partial charge in [0.1, 0.15) is 0 Å². The van der Waals surface area contributed by atoms with E-state index < -0.39 is 0 Å². The van der Waals surface area contributed by atoms with Crippen molar-refractivity contribution in [3.63, 3.8) is 0 Å². The molecule has 1 N–H and O–H groups in total. The molecule has 3 heterocycles. The monoisotopic (exact) mass is 833 g/mol. The fraction of sp³-hybridized carbons (Fsp3) is 0.250. The molecule has 0 aliphatic carbocycles. The topological polar surface area (TPSA) is 50.2 Å². The van der Waals surface area contributed by atoms with Gasteiger partial charge < -0.3 is 10.1 Å². The summed E-state index contributed by atoms with van der Waals surface area (Å²) in [4.78, 5) is 21.9. The Balaban J connectivity index is 0.000000234. The van der Waals surface area contributed by atoms with Crippen LogP contribution < -0.4 is 16.4 Å². The molecular weight excluding hydrogens is 794 g/mol. The molecule has 5 aromatic rings. The Bertz CT molecular complexity index is 1920. The van der Waals surface area contributed by atoms with E-state index in [4.69, 9.17) is 4.98 Å². The maximum Gasteiger partial charge on any atom is 0.228 e. The van der Waals surface area contributed by atoms with E-state index in [1.54, 1.807) is 0 Å². The zero-order valence-electron chi connectivity index (χ0n) is 27.3. The number of nitrogens with zero attached hydrogens (tertiary/aromatic N) is 1. The summed E-state index contributed by atoms with van der Waals surface area (Å²) in [7, 11) is 0. The molecule has 0 spiro atoms. The summed E-state index contributed by atoms with van der Waals surface area (Å²) in [6, 6.07) is 34.0. The van der Waals surface area contributed by atoms with Gasteiger partial charge in [-0.15, -0.1) is 41.0 Å². The first-order chi connectivity index (χ1) is 22.5. The Morgan fingerprint density at radius 3 is 2.17 bits per heavy atom. The summed E-state index contributed by atoms with van der Waals surface area (Å²) in [5.74, 6) is 0.547. The van der Waals surface area contributed by atoms with E-state index >= 15 is 0 Å². The van der Waals surface area contributed by atoms with Crippen LogP contribution in [-0.4, -0.2) is 22.6 Å². The fourth-order valence-corrected chi connectivity index (χ4v) is 9.04. The van der Waals surface area contributed by atoms with Crippen molar-refractivity contribution in [1.82, 2.24) is 4.98 Å². The van der Waals surface area contributed by atoms with Crippen molar-refractivity contribution >= 4 is 63.2 Å². The number of ketones is 1. The molecule has 241 valence electrons. The molecule has 0 fully saturated rings. The molecule has 3 nitrogen and oxygen atoms in total. The van der Waals surface area contributed by atoms with Crippen molar-refractivity contribution in [1.29, 1.82) is 0 Å². The summed E-state index contributed by atoms with van der Waals surface area (Å²) in [5, 5.41) is 12.1. The van der Waals surface area contributed by atoms with Gasteiger partial charge in [-0.3, -0.25) is 4.79 Å². The van der Waals surface area contributed by atoms with E-state index in [1.165, 1.54) is 47.4 Å². The molecular formula is C40H39BIrNO2S2-. The van der Waals surface area contributed by atoms with Gasteiger partial charge in [-0.1, -0.05) is 104 Å². The molecule has 7 heteroatoms. The number of allylic oxidation sites excluding steroid dienone is 2. The fourth-order valence-electron chi connectivity index (χ4n) is 6.53. The van der Waals surface area contributed by atoms with Gasteiger partial charge >= 0.3 is 0 Å². The molecule has 0 bridgehead atoms. The number of carbonyl (C=O) groups excluding carboxylic acids is 1. The van der Waals surface area contributed by atoms with Crippen molar-refractivity contribution in [3.05, 3.63) is 109 Å². The summed E-state index contributed by atoms with van der Waals surface area (Å²) in [5.41, 5.74) is 6.30. The van der Waals surface area contributed by atoms with Gasteiger partial charge in [0.25, 0.3) is 0 Å². The number of hydrogen-bond acceptors (Lipinski definition) is 5. The minimum Gasteiger partial charge on any atom is -0.512 e. The predicted molar refractivity (Wildman–Crippen MR) is 196 cm³/mol. The molecule has 1 radical (unpaired) electrons. The minimum absolute atomic E-state index is 0. The van der Waals surface area contributed by atoms with Crippen LogP contribution in [0.25, 0.3) is 22.0 Å². The third-order valence-corrected chi connectivity index (χ3v) is 11.6.